The minimum absolute atomic E-state index is 0.198. The van der Waals surface area contributed by atoms with Crippen molar-refractivity contribution in [3.05, 3.63) is 23.8 Å². The number of hydrogen-bond donors (Lipinski definition) is 1. The number of ether oxygens (including phenoxy) is 2. The van der Waals surface area contributed by atoms with Crippen LogP contribution in [0.4, 0.5) is 0 Å². The SMILES string of the molecule is COc1cccc(OC)c1C(=O)NCC(C)CCCl. The molecule has 1 atom stereocenters. The van der Waals surface area contributed by atoms with Gasteiger partial charge in [-0.15, -0.1) is 11.6 Å². The number of nitrogens with one attached hydrogen (secondary N) is 1. The molecular formula is C14H20ClNO3. The lowest BCUT2D eigenvalue weighted by Crippen LogP contribution is -2.29. The summed E-state index contributed by atoms with van der Waals surface area (Å²) in [7, 11) is 3.06. The highest BCUT2D eigenvalue weighted by molar-refractivity contribution is 6.17. The molecule has 0 heterocycles. The van der Waals surface area contributed by atoms with Crippen LogP contribution in [0.3, 0.4) is 0 Å². The molecule has 0 fully saturated rings. The molecular weight excluding hydrogens is 266 g/mol. The summed E-state index contributed by atoms with van der Waals surface area (Å²) in [6.07, 6.45) is 0.866. The van der Waals surface area contributed by atoms with Crippen molar-refractivity contribution >= 4 is 17.5 Å². The van der Waals surface area contributed by atoms with Gasteiger partial charge in [-0.2, -0.15) is 0 Å². The van der Waals surface area contributed by atoms with Crippen LogP contribution in [0, 0.1) is 5.92 Å². The van der Waals surface area contributed by atoms with Crippen molar-refractivity contribution in [2.24, 2.45) is 5.92 Å². The molecule has 19 heavy (non-hydrogen) atoms. The number of halogens is 1. The van der Waals surface area contributed by atoms with Crippen LogP contribution >= 0.6 is 11.6 Å². The average molecular weight is 286 g/mol. The highest BCUT2D eigenvalue weighted by Gasteiger charge is 2.18. The van der Waals surface area contributed by atoms with Crippen LogP contribution in [-0.2, 0) is 0 Å². The topological polar surface area (TPSA) is 47.6 Å². The minimum atomic E-state index is -0.198. The summed E-state index contributed by atoms with van der Waals surface area (Å²) in [4.78, 5) is 12.2. The second-order valence-electron chi connectivity index (χ2n) is 4.33. The number of rotatable bonds is 7. The zero-order valence-corrected chi connectivity index (χ0v) is 12.3. The Kier molecular flexibility index (Phi) is 6.50. The van der Waals surface area contributed by atoms with Gasteiger partial charge in [0, 0.05) is 12.4 Å². The van der Waals surface area contributed by atoms with E-state index >= 15 is 0 Å². The molecule has 0 aliphatic rings. The van der Waals surface area contributed by atoms with E-state index in [1.165, 1.54) is 14.2 Å². The van der Waals surface area contributed by atoms with E-state index in [4.69, 9.17) is 21.1 Å². The highest BCUT2D eigenvalue weighted by Crippen LogP contribution is 2.27. The molecule has 0 saturated carbocycles. The van der Waals surface area contributed by atoms with E-state index in [0.717, 1.165) is 6.42 Å². The Hall–Kier alpha value is -1.42. The van der Waals surface area contributed by atoms with Crippen molar-refractivity contribution in [3.8, 4) is 11.5 Å². The quantitative estimate of drug-likeness (QED) is 0.784. The fraction of sp³-hybridized carbons (Fsp3) is 0.500. The lowest BCUT2D eigenvalue weighted by molar-refractivity contribution is 0.0941. The molecule has 1 aromatic rings. The molecule has 1 aromatic carbocycles. The fourth-order valence-electron chi connectivity index (χ4n) is 1.72. The van der Waals surface area contributed by atoms with Crippen molar-refractivity contribution in [2.75, 3.05) is 26.6 Å². The fourth-order valence-corrected chi connectivity index (χ4v) is 2.09. The van der Waals surface area contributed by atoms with Gasteiger partial charge in [-0.05, 0) is 24.5 Å². The van der Waals surface area contributed by atoms with Crippen LogP contribution in [-0.4, -0.2) is 32.6 Å². The molecule has 0 radical (unpaired) electrons. The number of carbonyl (C=O) groups is 1. The van der Waals surface area contributed by atoms with Crippen molar-refractivity contribution < 1.29 is 14.3 Å². The number of amides is 1. The van der Waals surface area contributed by atoms with Crippen LogP contribution in [0.15, 0.2) is 18.2 Å². The predicted molar refractivity (Wildman–Crippen MR) is 76.4 cm³/mol. The highest BCUT2D eigenvalue weighted by atomic mass is 35.5. The summed E-state index contributed by atoms with van der Waals surface area (Å²) in [6, 6.07) is 5.25. The van der Waals surface area contributed by atoms with Gasteiger partial charge in [0.05, 0.1) is 14.2 Å². The van der Waals surface area contributed by atoms with Crippen molar-refractivity contribution in [3.63, 3.8) is 0 Å². The Bertz CT molecular complexity index is 401. The summed E-state index contributed by atoms with van der Waals surface area (Å²) in [5.74, 6) is 1.73. The maximum absolute atomic E-state index is 12.2. The first-order valence-corrected chi connectivity index (χ1v) is 6.72. The third kappa shape index (κ3) is 4.31. The largest absolute Gasteiger partial charge is 0.496 e. The molecule has 1 amide bonds. The molecule has 5 heteroatoms. The van der Waals surface area contributed by atoms with E-state index in [2.05, 4.69) is 5.32 Å². The lowest BCUT2D eigenvalue weighted by atomic mass is 10.1. The molecule has 4 nitrogen and oxygen atoms in total. The molecule has 0 bridgehead atoms. The van der Waals surface area contributed by atoms with Crippen LogP contribution in [0.1, 0.15) is 23.7 Å². The molecule has 1 N–H and O–H groups in total. The van der Waals surface area contributed by atoms with Gasteiger partial charge < -0.3 is 14.8 Å². The van der Waals surface area contributed by atoms with Gasteiger partial charge in [0.15, 0.2) is 0 Å². The van der Waals surface area contributed by atoms with Crippen LogP contribution in [0.2, 0.25) is 0 Å². The summed E-state index contributed by atoms with van der Waals surface area (Å²) < 4.78 is 10.4. The van der Waals surface area contributed by atoms with Gasteiger partial charge in [-0.25, -0.2) is 0 Å². The molecule has 0 saturated heterocycles. The zero-order valence-electron chi connectivity index (χ0n) is 11.5. The number of alkyl halides is 1. The van der Waals surface area contributed by atoms with Crippen LogP contribution in [0.5, 0.6) is 11.5 Å². The van der Waals surface area contributed by atoms with E-state index in [9.17, 15) is 4.79 Å². The number of hydrogen-bond acceptors (Lipinski definition) is 3. The smallest absolute Gasteiger partial charge is 0.258 e. The molecule has 0 spiro atoms. The summed E-state index contributed by atoms with van der Waals surface area (Å²) >= 11 is 5.67. The van der Waals surface area contributed by atoms with Crippen LogP contribution < -0.4 is 14.8 Å². The Balaban J connectivity index is 2.81. The van der Waals surface area contributed by atoms with E-state index in [-0.39, 0.29) is 5.91 Å². The van der Waals surface area contributed by atoms with Crippen molar-refractivity contribution in [2.45, 2.75) is 13.3 Å². The van der Waals surface area contributed by atoms with Gasteiger partial charge in [-0.3, -0.25) is 4.79 Å². The van der Waals surface area contributed by atoms with Gasteiger partial charge in [-0.1, -0.05) is 13.0 Å². The number of methoxy groups -OCH3 is 2. The lowest BCUT2D eigenvalue weighted by Gasteiger charge is -2.15. The third-order valence-electron chi connectivity index (χ3n) is 2.87. The Morgan fingerprint density at radius 3 is 2.37 bits per heavy atom. The number of carbonyl (C=O) groups excluding carboxylic acids is 1. The van der Waals surface area contributed by atoms with Crippen LogP contribution in [0.25, 0.3) is 0 Å². The predicted octanol–water partition coefficient (Wildman–Crippen LogP) is 2.70. The van der Waals surface area contributed by atoms with Gasteiger partial charge >= 0.3 is 0 Å². The molecule has 0 aromatic heterocycles. The minimum Gasteiger partial charge on any atom is -0.496 e. The second kappa shape index (κ2) is 7.89. The Morgan fingerprint density at radius 2 is 1.89 bits per heavy atom. The first-order chi connectivity index (χ1) is 9.13. The molecule has 1 unspecified atom stereocenters. The number of benzene rings is 1. The summed E-state index contributed by atoms with van der Waals surface area (Å²) in [6.45, 7) is 2.62. The van der Waals surface area contributed by atoms with Gasteiger partial charge in [0.25, 0.3) is 5.91 Å². The summed E-state index contributed by atoms with van der Waals surface area (Å²) in [5.41, 5.74) is 0.422. The standard InChI is InChI=1S/C14H20ClNO3/c1-10(7-8-15)9-16-14(17)13-11(18-2)5-4-6-12(13)19-3/h4-6,10H,7-9H2,1-3H3,(H,16,17). The van der Waals surface area contributed by atoms with Gasteiger partial charge in [0.2, 0.25) is 0 Å². The first kappa shape index (κ1) is 15.6. The molecule has 0 aliphatic heterocycles. The average Bonchev–Trinajstić information content (AvgIpc) is 2.44. The van der Waals surface area contributed by atoms with E-state index in [0.29, 0.717) is 35.4 Å². The maximum atomic E-state index is 12.2. The van der Waals surface area contributed by atoms with E-state index in [1.807, 2.05) is 6.92 Å². The molecule has 0 aliphatic carbocycles. The van der Waals surface area contributed by atoms with E-state index in [1.54, 1.807) is 18.2 Å². The van der Waals surface area contributed by atoms with Crippen molar-refractivity contribution in [1.82, 2.24) is 5.32 Å². The zero-order chi connectivity index (χ0) is 14.3. The van der Waals surface area contributed by atoms with E-state index < -0.39 is 0 Å². The monoisotopic (exact) mass is 285 g/mol. The Labute approximate surface area is 119 Å². The maximum Gasteiger partial charge on any atom is 0.258 e. The summed E-state index contributed by atoms with van der Waals surface area (Å²) in [5, 5.41) is 2.88. The van der Waals surface area contributed by atoms with Crippen molar-refractivity contribution in [1.29, 1.82) is 0 Å². The molecule has 106 valence electrons. The second-order valence-corrected chi connectivity index (χ2v) is 4.71. The third-order valence-corrected chi connectivity index (χ3v) is 3.09. The van der Waals surface area contributed by atoms with Gasteiger partial charge in [0.1, 0.15) is 17.1 Å². The molecule has 1 rings (SSSR count). The first-order valence-electron chi connectivity index (χ1n) is 6.19. The Morgan fingerprint density at radius 1 is 1.32 bits per heavy atom. The normalized spacial score (nSPS) is 11.8.